The van der Waals surface area contributed by atoms with Crippen molar-refractivity contribution in [3.8, 4) is 22.3 Å². The van der Waals surface area contributed by atoms with Gasteiger partial charge >= 0.3 is 6.01 Å². The van der Waals surface area contributed by atoms with Crippen molar-refractivity contribution in [2.75, 3.05) is 5.32 Å². The number of aromatic nitrogens is 4. The Labute approximate surface area is 144 Å². The van der Waals surface area contributed by atoms with Crippen molar-refractivity contribution in [1.82, 2.24) is 20.3 Å². The summed E-state index contributed by atoms with van der Waals surface area (Å²) in [7, 11) is 0. The number of rotatable bonds is 4. The van der Waals surface area contributed by atoms with Gasteiger partial charge in [-0.25, -0.2) is 4.98 Å². The average molecular weight is 357 g/mol. The van der Waals surface area contributed by atoms with E-state index in [1.165, 1.54) is 23.7 Å². The van der Waals surface area contributed by atoms with E-state index in [-0.39, 0.29) is 11.7 Å². The fourth-order valence-electron chi connectivity index (χ4n) is 2.17. The molecule has 0 fully saturated rings. The van der Waals surface area contributed by atoms with Gasteiger partial charge in [-0.1, -0.05) is 10.3 Å². The molecule has 0 aliphatic heterocycles. The number of hydrogen-bond donors (Lipinski definition) is 1. The van der Waals surface area contributed by atoms with Crippen molar-refractivity contribution >= 4 is 23.3 Å². The van der Waals surface area contributed by atoms with Crippen LogP contribution in [0.4, 0.5) is 6.01 Å². The maximum atomic E-state index is 12.2. The number of carbonyl (C=O) groups excluding carboxylic acids is 1. The lowest BCUT2D eigenvalue weighted by atomic mass is 10.3. The average Bonchev–Trinajstić information content (AvgIpc) is 3.34. The van der Waals surface area contributed by atoms with Gasteiger partial charge in [0, 0.05) is 6.07 Å². The number of aryl methyl sites for hydroxylation is 2. The SMILES string of the molecule is Cc1nc(C)c(-c2nnc(NC(=O)c3cc(-c4ccco4)on3)o2)s1. The summed E-state index contributed by atoms with van der Waals surface area (Å²) in [5.41, 5.74) is 0.861. The van der Waals surface area contributed by atoms with Crippen LogP contribution < -0.4 is 5.32 Å². The highest BCUT2D eigenvalue weighted by Gasteiger charge is 2.19. The van der Waals surface area contributed by atoms with Gasteiger partial charge in [0.1, 0.15) is 4.88 Å². The fourth-order valence-corrected chi connectivity index (χ4v) is 3.01. The molecule has 0 saturated heterocycles. The summed E-state index contributed by atoms with van der Waals surface area (Å²) in [5, 5.41) is 14.8. The van der Waals surface area contributed by atoms with E-state index in [0.29, 0.717) is 17.4 Å². The van der Waals surface area contributed by atoms with Crippen molar-refractivity contribution in [2.45, 2.75) is 13.8 Å². The zero-order valence-corrected chi connectivity index (χ0v) is 14.0. The number of nitrogens with zero attached hydrogens (tertiary/aromatic N) is 4. The van der Waals surface area contributed by atoms with Gasteiger partial charge in [0.05, 0.1) is 17.0 Å². The molecule has 0 saturated carbocycles. The number of thiazole rings is 1. The van der Waals surface area contributed by atoms with Crippen LogP contribution in [0.1, 0.15) is 21.2 Å². The third-order valence-corrected chi connectivity index (χ3v) is 4.31. The van der Waals surface area contributed by atoms with Crippen molar-refractivity contribution in [3.63, 3.8) is 0 Å². The Morgan fingerprint density at radius 2 is 2.12 bits per heavy atom. The highest BCUT2D eigenvalue weighted by atomic mass is 32.1. The van der Waals surface area contributed by atoms with Gasteiger partial charge < -0.3 is 13.4 Å². The second-order valence-electron chi connectivity index (χ2n) is 5.07. The zero-order chi connectivity index (χ0) is 17.4. The lowest BCUT2D eigenvalue weighted by Gasteiger charge is -1.94. The first-order chi connectivity index (χ1) is 12.1. The summed E-state index contributed by atoms with van der Waals surface area (Å²) in [6.07, 6.45) is 1.50. The Hall–Kier alpha value is -3.27. The van der Waals surface area contributed by atoms with Crippen LogP contribution in [0, 0.1) is 13.8 Å². The van der Waals surface area contributed by atoms with E-state index in [2.05, 4.69) is 25.7 Å². The number of amides is 1. The van der Waals surface area contributed by atoms with Gasteiger partial charge in [0.2, 0.25) is 5.76 Å². The van der Waals surface area contributed by atoms with Crippen LogP contribution in [-0.4, -0.2) is 26.2 Å². The molecule has 10 heteroatoms. The van der Waals surface area contributed by atoms with Crippen LogP contribution in [0.2, 0.25) is 0 Å². The third kappa shape index (κ3) is 2.94. The first-order valence-electron chi connectivity index (χ1n) is 7.20. The van der Waals surface area contributed by atoms with Gasteiger partial charge in [0.25, 0.3) is 11.8 Å². The number of hydrogen-bond acceptors (Lipinski definition) is 9. The Morgan fingerprint density at radius 3 is 2.84 bits per heavy atom. The van der Waals surface area contributed by atoms with E-state index in [0.717, 1.165) is 15.6 Å². The Kier molecular flexibility index (Phi) is 3.65. The number of furan rings is 1. The highest BCUT2D eigenvalue weighted by molar-refractivity contribution is 7.15. The molecule has 4 rings (SSSR count). The van der Waals surface area contributed by atoms with Crippen LogP contribution >= 0.6 is 11.3 Å². The summed E-state index contributed by atoms with van der Waals surface area (Å²) in [4.78, 5) is 17.3. The minimum Gasteiger partial charge on any atom is -0.461 e. The van der Waals surface area contributed by atoms with Gasteiger partial charge in [-0.2, -0.15) is 0 Å². The Balaban J connectivity index is 1.51. The summed E-state index contributed by atoms with van der Waals surface area (Å²) >= 11 is 1.44. The quantitative estimate of drug-likeness (QED) is 0.590. The molecule has 1 N–H and O–H groups in total. The smallest absolute Gasteiger partial charge is 0.322 e. The van der Waals surface area contributed by atoms with Crippen molar-refractivity contribution in [2.24, 2.45) is 0 Å². The molecular weight excluding hydrogens is 346 g/mol. The Morgan fingerprint density at radius 1 is 1.24 bits per heavy atom. The first-order valence-corrected chi connectivity index (χ1v) is 8.01. The van der Waals surface area contributed by atoms with Gasteiger partial charge in [-0.15, -0.1) is 16.4 Å². The molecule has 0 aliphatic rings. The minimum absolute atomic E-state index is 0.0343. The standard InChI is InChI=1S/C15H11N5O4S/c1-7-12(25-8(2)16-7)14-18-19-15(23-14)17-13(21)9-6-11(24-20-9)10-4-3-5-22-10/h3-6H,1-2H3,(H,17,19,21). The van der Waals surface area contributed by atoms with E-state index in [9.17, 15) is 4.79 Å². The maximum absolute atomic E-state index is 12.2. The van der Waals surface area contributed by atoms with E-state index in [1.54, 1.807) is 12.1 Å². The van der Waals surface area contributed by atoms with E-state index in [1.807, 2.05) is 13.8 Å². The molecule has 0 unspecified atom stereocenters. The monoisotopic (exact) mass is 357 g/mol. The van der Waals surface area contributed by atoms with Crippen molar-refractivity contribution in [3.05, 3.63) is 40.9 Å². The highest BCUT2D eigenvalue weighted by Crippen LogP contribution is 2.29. The molecule has 4 aromatic heterocycles. The molecule has 0 aliphatic carbocycles. The van der Waals surface area contributed by atoms with Crippen LogP contribution in [0.5, 0.6) is 0 Å². The Bertz CT molecular complexity index is 1030. The van der Waals surface area contributed by atoms with Crippen molar-refractivity contribution in [1.29, 1.82) is 0 Å². The first kappa shape index (κ1) is 15.3. The van der Waals surface area contributed by atoms with Gasteiger partial charge in [-0.05, 0) is 26.0 Å². The molecule has 25 heavy (non-hydrogen) atoms. The maximum Gasteiger partial charge on any atom is 0.322 e. The molecule has 4 aromatic rings. The number of nitrogens with one attached hydrogen (secondary N) is 1. The summed E-state index contributed by atoms with van der Waals surface area (Å²) in [6, 6.07) is 4.84. The molecule has 0 aromatic carbocycles. The van der Waals surface area contributed by atoms with E-state index < -0.39 is 5.91 Å². The predicted molar refractivity (Wildman–Crippen MR) is 87.0 cm³/mol. The topological polar surface area (TPSA) is 120 Å². The largest absolute Gasteiger partial charge is 0.461 e. The zero-order valence-electron chi connectivity index (χ0n) is 13.1. The normalized spacial score (nSPS) is 11.0. The second kappa shape index (κ2) is 5.98. The summed E-state index contributed by atoms with van der Waals surface area (Å²) < 4.78 is 15.7. The molecule has 0 spiro atoms. The molecule has 126 valence electrons. The summed E-state index contributed by atoms with van der Waals surface area (Å²) in [6.45, 7) is 3.74. The molecule has 9 nitrogen and oxygen atoms in total. The molecular formula is C15H11N5O4S. The third-order valence-electron chi connectivity index (χ3n) is 3.25. The van der Waals surface area contributed by atoms with Gasteiger partial charge in [-0.3, -0.25) is 10.1 Å². The predicted octanol–water partition coefficient (Wildman–Crippen LogP) is 3.31. The summed E-state index contributed by atoms with van der Waals surface area (Å²) in [5.74, 6) is 0.587. The van der Waals surface area contributed by atoms with E-state index in [4.69, 9.17) is 13.4 Å². The second-order valence-corrected chi connectivity index (χ2v) is 6.27. The van der Waals surface area contributed by atoms with Gasteiger partial charge in [0.15, 0.2) is 11.5 Å². The molecule has 0 atom stereocenters. The van der Waals surface area contributed by atoms with E-state index >= 15 is 0 Å². The number of carbonyl (C=O) groups is 1. The molecule has 0 bridgehead atoms. The van der Waals surface area contributed by atoms with Crippen molar-refractivity contribution < 1.29 is 18.2 Å². The van der Waals surface area contributed by atoms with Crippen LogP contribution in [0.15, 0.2) is 37.8 Å². The lowest BCUT2D eigenvalue weighted by Crippen LogP contribution is -2.12. The lowest BCUT2D eigenvalue weighted by molar-refractivity contribution is 0.101. The van der Waals surface area contributed by atoms with Crippen LogP contribution in [0.3, 0.4) is 0 Å². The minimum atomic E-state index is -0.533. The number of anilines is 1. The van der Waals surface area contributed by atoms with Crippen LogP contribution in [0.25, 0.3) is 22.3 Å². The fraction of sp³-hybridized carbons (Fsp3) is 0.133. The molecule has 1 amide bonds. The molecule has 0 radical (unpaired) electrons. The van der Waals surface area contributed by atoms with Crippen LogP contribution in [-0.2, 0) is 0 Å². The molecule has 4 heterocycles.